The van der Waals surface area contributed by atoms with Gasteiger partial charge in [-0.3, -0.25) is 4.68 Å². The summed E-state index contributed by atoms with van der Waals surface area (Å²) in [6, 6.07) is 1.66. The van der Waals surface area contributed by atoms with Crippen molar-refractivity contribution in [2.45, 2.75) is 0 Å². The van der Waals surface area contributed by atoms with Crippen molar-refractivity contribution in [1.82, 2.24) is 19.7 Å². The molecule has 0 aliphatic carbocycles. The third kappa shape index (κ3) is 1.30. The molecule has 0 fully saturated rings. The molecule has 0 radical (unpaired) electrons. The third-order valence-corrected chi connectivity index (χ3v) is 1.83. The summed E-state index contributed by atoms with van der Waals surface area (Å²) in [6.45, 7) is 0. The Labute approximate surface area is 79.4 Å². The highest BCUT2D eigenvalue weighted by molar-refractivity contribution is 5.55. The summed E-state index contributed by atoms with van der Waals surface area (Å²) in [7, 11) is 1.70. The Morgan fingerprint density at radius 3 is 2.93 bits per heavy atom. The fourth-order valence-corrected chi connectivity index (χ4v) is 1.17. The zero-order valence-electron chi connectivity index (χ0n) is 7.48. The SMILES string of the molecule is Cn1nccc1-c1nc(N)ncc1F. The van der Waals surface area contributed by atoms with Gasteiger partial charge in [0.05, 0.1) is 11.9 Å². The molecule has 2 N–H and O–H groups in total. The fraction of sp³-hybridized carbons (Fsp3) is 0.125. The Hall–Kier alpha value is -1.98. The van der Waals surface area contributed by atoms with E-state index in [-0.39, 0.29) is 11.6 Å². The molecule has 0 atom stereocenters. The fourth-order valence-electron chi connectivity index (χ4n) is 1.17. The number of hydrogen-bond donors (Lipinski definition) is 1. The highest BCUT2D eigenvalue weighted by Gasteiger charge is 2.11. The van der Waals surface area contributed by atoms with Gasteiger partial charge in [-0.15, -0.1) is 0 Å². The van der Waals surface area contributed by atoms with Crippen LogP contribution in [0.4, 0.5) is 10.3 Å². The van der Waals surface area contributed by atoms with E-state index in [1.165, 1.54) is 4.68 Å². The zero-order chi connectivity index (χ0) is 10.1. The molecule has 0 aromatic carbocycles. The third-order valence-electron chi connectivity index (χ3n) is 1.83. The smallest absolute Gasteiger partial charge is 0.220 e. The van der Waals surface area contributed by atoms with Gasteiger partial charge in [0.25, 0.3) is 0 Å². The molecule has 72 valence electrons. The maximum atomic E-state index is 13.3. The first-order chi connectivity index (χ1) is 6.68. The van der Waals surface area contributed by atoms with Crippen molar-refractivity contribution in [2.75, 3.05) is 5.73 Å². The van der Waals surface area contributed by atoms with Gasteiger partial charge in [-0.05, 0) is 6.07 Å². The number of hydrogen-bond acceptors (Lipinski definition) is 4. The van der Waals surface area contributed by atoms with Crippen LogP contribution >= 0.6 is 0 Å². The molecular weight excluding hydrogens is 185 g/mol. The lowest BCUT2D eigenvalue weighted by atomic mass is 10.3. The molecular formula is C8H8FN5. The number of nitrogens with zero attached hydrogens (tertiary/aromatic N) is 4. The van der Waals surface area contributed by atoms with Crippen molar-refractivity contribution in [1.29, 1.82) is 0 Å². The molecule has 0 saturated carbocycles. The Morgan fingerprint density at radius 1 is 1.50 bits per heavy atom. The molecule has 5 nitrogen and oxygen atoms in total. The number of halogens is 1. The van der Waals surface area contributed by atoms with E-state index in [2.05, 4.69) is 15.1 Å². The van der Waals surface area contributed by atoms with Crippen LogP contribution in [0.3, 0.4) is 0 Å². The van der Waals surface area contributed by atoms with Crippen molar-refractivity contribution >= 4 is 5.95 Å². The Kier molecular flexibility index (Phi) is 1.88. The second kappa shape index (κ2) is 3.06. The zero-order valence-corrected chi connectivity index (χ0v) is 7.48. The van der Waals surface area contributed by atoms with Crippen LogP contribution in [0.25, 0.3) is 11.4 Å². The van der Waals surface area contributed by atoms with Crippen molar-refractivity contribution in [3.05, 3.63) is 24.3 Å². The molecule has 2 rings (SSSR count). The van der Waals surface area contributed by atoms with Gasteiger partial charge in [-0.1, -0.05) is 0 Å². The molecule has 2 heterocycles. The van der Waals surface area contributed by atoms with Crippen LogP contribution in [0.15, 0.2) is 18.5 Å². The maximum absolute atomic E-state index is 13.3. The van der Waals surface area contributed by atoms with Gasteiger partial charge in [0.1, 0.15) is 5.69 Å². The van der Waals surface area contributed by atoms with Crippen molar-refractivity contribution < 1.29 is 4.39 Å². The van der Waals surface area contributed by atoms with E-state index in [0.717, 1.165) is 6.20 Å². The molecule has 0 aliphatic heterocycles. The van der Waals surface area contributed by atoms with Crippen LogP contribution in [-0.4, -0.2) is 19.7 Å². The van der Waals surface area contributed by atoms with Crippen molar-refractivity contribution in [2.24, 2.45) is 7.05 Å². The standard InChI is InChI=1S/C8H8FN5/c1-14-6(2-3-12-14)7-5(9)4-11-8(10)13-7/h2-4H,1H3,(H2,10,11,13). The van der Waals surface area contributed by atoms with Crippen LogP contribution < -0.4 is 5.73 Å². The minimum absolute atomic E-state index is 0.0441. The Balaban J connectivity index is 2.62. The summed E-state index contributed by atoms with van der Waals surface area (Å²) in [5, 5.41) is 3.91. The maximum Gasteiger partial charge on any atom is 0.220 e. The largest absolute Gasteiger partial charge is 0.368 e. The topological polar surface area (TPSA) is 69.6 Å². The van der Waals surface area contributed by atoms with Gasteiger partial charge in [0.2, 0.25) is 5.95 Å². The number of anilines is 1. The van der Waals surface area contributed by atoms with Crippen LogP contribution in [-0.2, 0) is 7.05 Å². The second-order valence-electron chi connectivity index (χ2n) is 2.76. The molecule has 2 aromatic heterocycles. The van der Waals surface area contributed by atoms with Gasteiger partial charge >= 0.3 is 0 Å². The lowest BCUT2D eigenvalue weighted by Crippen LogP contribution is -2.02. The van der Waals surface area contributed by atoms with Crippen molar-refractivity contribution in [3.8, 4) is 11.4 Å². The molecule has 0 bridgehead atoms. The van der Waals surface area contributed by atoms with E-state index < -0.39 is 5.82 Å². The Morgan fingerprint density at radius 2 is 2.29 bits per heavy atom. The highest BCUT2D eigenvalue weighted by atomic mass is 19.1. The predicted molar refractivity (Wildman–Crippen MR) is 48.6 cm³/mol. The molecule has 0 saturated heterocycles. The molecule has 0 spiro atoms. The number of rotatable bonds is 1. The molecule has 14 heavy (non-hydrogen) atoms. The minimum atomic E-state index is -0.511. The van der Waals surface area contributed by atoms with Crippen LogP contribution in [0.2, 0.25) is 0 Å². The molecule has 6 heteroatoms. The number of nitrogens with two attached hydrogens (primary N) is 1. The molecule has 0 amide bonds. The lowest BCUT2D eigenvalue weighted by Gasteiger charge is -2.02. The van der Waals surface area contributed by atoms with Gasteiger partial charge < -0.3 is 5.73 Å². The first kappa shape index (κ1) is 8.61. The molecule has 0 unspecified atom stereocenters. The normalized spacial score (nSPS) is 10.4. The average Bonchev–Trinajstić information content (AvgIpc) is 2.56. The van der Waals surface area contributed by atoms with E-state index >= 15 is 0 Å². The minimum Gasteiger partial charge on any atom is -0.368 e. The summed E-state index contributed by atoms with van der Waals surface area (Å²) in [5.74, 6) is -0.467. The van der Waals surface area contributed by atoms with Crippen LogP contribution in [0.5, 0.6) is 0 Å². The first-order valence-corrected chi connectivity index (χ1v) is 3.95. The van der Waals surface area contributed by atoms with E-state index in [9.17, 15) is 4.39 Å². The summed E-state index contributed by atoms with van der Waals surface area (Å²) in [4.78, 5) is 7.35. The van der Waals surface area contributed by atoms with E-state index in [1.807, 2.05) is 0 Å². The van der Waals surface area contributed by atoms with Crippen LogP contribution in [0.1, 0.15) is 0 Å². The van der Waals surface area contributed by atoms with Crippen molar-refractivity contribution in [3.63, 3.8) is 0 Å². The number of aryl methyl sites for hydroxylation is 1. The van der Waals surface area contributed by atoms with Gasteiger partial charge in [0, 0.05) is 13.2 Å². The highest BCUT2D eigenvalue weighted by Crippen LogP contribution is 2.18. The molecule has 0 aliphatic rings. The average molecular weight is 193 g/mol. The van der Waals surface area contributed by atoms with E-state index in [0.29, 0.717) is 5.69 Å². The monoisotopic (exact) mass is 193 g/mol. The summed E-state index contributed by atoms with van der Waals surface area (Å²) in [5.41, 5.74) is 6.10. The number of nitrogen functional groups attached to an aromatic ring is 1. The van der Waals surface area contributed by atoms with E-state index in [1.54, 1.807) is 19.3 Å². The second-order valence-corrected chi connectivity index (χ2v) is 2.76. The van der Waals surface area contributed by atoms with Crippen LogP contribution in [0, 0.1) is 5.82 Å². The van der Waals surface area contributed by atoms with Gasteiger partial charge in [-0.25, -0.2) is 14.4 Å². The van der Waals surface area contributed by atoms with Gasteiger partial charge in [-0.2, -0.15) is 5.10 Å². The predicted octanol–water partition coefficient (Wildman–Crippen LogP) is 0.598. The quantitative estimate of drug-likeness (QED) is 0.719. The number of aromatic nitrogens is 4. The van der Waals surface area contributed by atoms with Gasteiger partial charge in [0.15, 0.2) is 5.82 Å². The first-order valence-electron chi connectivity index (χ1n) is 3.95. The lowest BCUT2D eigenvalue weighted by molar-refractivity contribution is 0.615. The molecule has 2 aromatic rings. The summed E-state index contributed by atoms with van der Waals surface area (Å²) >= 11 is 0. The summed E-state index contributed by atoms with van der Waals surface area (Å²) in [6.07, 6.45) is 2.61. The Bertz CT molecular complexity index is 465. The summed E-state index contributed by atoms with van der Waals surface area (Å²) < 4.78 is 14.8. The van der Waals surface area contributed by atoms with E-state index in [4.69, 9.17) is 5.73 Å².